The number of benzene rings is 2. The van der Waals surface area contributed by atoms with Crippen LogP contribution in [0.2, 0.25) is 0 Å². The average Bonchev–Trinajstić information content (AvgIpc) is 3.23. The summed E-state index contributed by atoms with van der Waals surface area (Å²) < 4.78 is 5.04. The topological polar surface area (TPSA) is 9.26 Å². The van der Waals surface area contributed by atoms with Crippen LogP contribution in [0.4, 0.5) is 11.4 Å². The Kier molecular flexibility index (Phi) is 3.42. The van der Waals surface area contributed by atoms with Crippen LogP contribution in [0.3, 0.4) is 0 Å². The van der Waals surface area contributed by atoms with Gasteiger partial charge in [-0.2, -0.15) is 9.15 Å². The summed E-state index contributed by atoms with van der Waals surface area (Å²) >= 11 is 0. The Hall–Kier alpha value is -3.82. The standard InChI is InChI=1S/C30H23N3/c1-3-10-20(11-4-1)31-24-16-7-14-22-23-15-8-17-25-29(23)33(28(22)24)30-26(31)18-9-19-27(30)32(25)21-12-5-2-6-13-21/h1-7,9-19,28-30H,8H2/q+2. The van der Waals surface area contributed by atoms with Gasteiger partial charge in [0.1, 0.15) is 12.1 Å². The summed E-state index contributed by atoms with van der Waals surface area (Å²) in [6, 6.07) is 22.5. The van der Waals surface area contributed by atoms with Crippen molar-refractivity contribution >= 4 is 22.8 Å². The summed E-state index contributed by atoms with van der Waals surface area (Å²) in [6.07, 6.45) is 19.7. The number of hydrogen-bond donors (Lipinski definition) is 0. The average molecular weight is 426 g/mol. The fourth-order valence-corrected chi connectivity index (χ4v) is 6.62. The van der Waals surface area contributed by atoms with Crippen LogP contribution in [0.25, 0.3) is 0 Å². The third kappa shape index (κ3) is 2.18. The highest BCUT2D eigenvalue weighted by Gasteiger charge is 2.64. The normalized spacial score (nSPS) is 28.3. The molecule has 0 bridgehead atoms. The van der Waals surface area contributed by atoms with E-state index in [1.807, 2.05) is 0 Å². The molecular formula is C30H23N3+2. The van der Waals surface area contributed by atoms with E-state index in [2.05, 4.69) is 123 Å². The molecule has 3 heterocycles. The van der Waals surface area contributed by atoms with Crippen molar-refractivity contribution in [1.82, 2.24) is 4.90 Å². The van der Waals surface area contributed by atoms with E-state index in [9.17, 15) is 0 Å². The van der Waals surface area contributed by atoms with Crippen LogP contribution in [0, 0.1) is 0 Å². The van der Waals surface area contributed by atoms with E-state index in [-0.39, 0.29) is 18.1 Å². The van der Waals surface area contributed by atoms with Gasteiger partial charge in [-0.15, -0.1) is 0 Å². The third-order valence-corrected chi connectivity index (χ3v) is 7.74. The van der Waals surface area contributed by atoms with Gasteiger partial charge in [0.25, 0.3) is 0 Å². The van der Waals surface area contributed by atoms with Gasteiger partial charge >= 0.3 is 0 Å². The Morgan fingerprint density at radius 3 is 1.97 bits per heavy atom. The molecule has 0 saturated carbocycles. The number of nitrogens with zero attached hydrogens (tertiary/aromatic N) is 3. The van der Waals surface area contributed by atoms with Crippen molar-refractivity contribution < 1.29 is 9.15 Å². The van der Waals surface area contributed by atoms with Crippen LogP contribution in [0.15, 0.2) is 132 Å². The summed E-state index contributed by atoms with van der Waals surface area (Å²) in [5, 5.41) is 0. The van der Waals surface area contributed by atoms with E-state index in [1.165, 1.54) is 45.3 Å². The van der Waals surface area contributed by atoms with Gasteiger partial charge in [0.15, 0.2) is 6.04 Å². The molecule has 1 saturated heterocycles. The zero-order valence-corrected chi connectivity index (χ0v) is 18.2. The van der Waals surface area contributed by atoms with Crippen molar-refractivity contribution in [3.05, 3.63) is 132 Å². The van der Waals surface area contributed by atoms with Gasteiger partial charge in [-0.25, -0.2) is 4.90 Å². The minimum atomic E-state index is 0.199. The number of hydrogen-bond acceptors (Lipinski definition) is 1. The molecule has 3 aliphatic carbocycles. The van der Waals surface area contributed by atoms with Crippen molar-refractivity contribution in [3.8, 4) is 0 Å². The fraction of sp³-hybridized carbons (Fsp3) is 0.133. The highest BCUT2D eigenvalue weighted by molar-refractivity contribution is 6.07. The molecule has 0 radical (unpaired) electrons. The molecule has 3 aliphatic heterocycles. The highest BCUT2D eigenvalue weighted by atomic mass is 15.4. The van der Waals surface area contributed by atoms with E-state index in [1.54, 1.807) is 0 Å². The lowest BCUT2D eigenvalue weighted by Crippen LogP contribution is -2.63. The smallest absolute Gasteiger partial charge is 0.216 e. The molecule has 2 aromatic rings. The van der Waals surface area contributed by atoms with Gasteiger partial charge in [0.05, 0.1) is 0 Å². The van der Waals surface area contributed by atoms with Gasteiger partial charge in [-0.1, -0.05) is 54.6 Å². The number of allylic oxidation sites excluding steroid dienone is 6. The first kappa shape index (κ1) is 17.7. The maximum absolute atomic E-state index is 2.77. The minimum absolute atomic E-state index is 0.199. The first-order chi connectivity index (χ1) is 16.4. The van der Waals surface area contributed by atoms with Crippen molar-refractivity contribution in [2.24, 2.45) is 0 Å². The quantitative estimate of drug-likeness (QED) is 0.604. The monoisotopic (exact) mass is 425 g/mol. The molecule has 3 nitrogen and oxygen atoms in total. The SMILES string of the molecule is C1=CC2=[N+](c3ccccc3)C3=CC=CC4=[N+](c5ccccc5)C5=CCC=C6C(=C1)C2N(C65)C34. The van der Waals surface area contributed by atoms with Gasteiger partial charge in [-0.3, -0.25) is 0 Å². The Morgan fingerprint density at radius 1 is 0.606 bits per heavy atom. The van der Waals surface area contributed by atoms with Crippen LogP contribution >= 0.6 is 0 Å². The zero-order valence-electron chi connectivity index (χ0n) is 18.2. The van der Waals surface area contributed by atoms with Gasteiger partial charge in [0, 0.05) is 42.5 Å². The van der Waals surface area contributed by atoms with Crippen LogP contribution < -0.4 is 0 Å². The lowest BCUT2D eigenvalue weighted by atomic mass is 9.88. The molecule has 33 heavy (non-hydrogen) atoms. The molecular weight excluding hydrogens is 402 g/mol. The minimum Gasteiger partial charge on any atom is -0.249 e. The van der Waals surface area contributed by atoms with Crippen LogP contribution in [-0.2, 0) is 0 Å². The summed E-state index contributed by atoms with van der Waals surface area (Å²) in [7, 11) is 0. The molecule has 0 aromatic heterocycles. The second-order valence-corrected chi connectivity index (χ2v) is 9.30. The second-order valence-electron chi connectivity index (χ2n) is 9.30. The van der Waals surface area contributed by atoms with E-state index in [0.29, 0.717) is 0 Å². The first-order valence-corrected chi connectivity index (χ1v) is 11.8. The third-order valence-electron chi connectivity index (χ3n) is 7.74. The van der Waals surface area contributed by atoms with Crippen molar-refractivity contribution in [3.63, 3.8) is 0 Å². The Morgan fingerprint density at radius 2 is 1.24 bits per heavy atom. The molecule has 8 rings (SSSR count). The predicted octanol–water partition coefficient (Wildman–Crippen LogP) is 5.17. The lowest BCUT2D eigenvalue weighted by molar-refractivity contribution is -0.425. The first-order valence-electron chi connectivity index (χ1n) is 11.8. The number of rotatable bonds is 2. The van der Waals surface area contributed by atoms with E-state index in [0.717, 1.165) is 6.42 Å². The highest BCUT2D eigenvalue weighted by Crippen LogP contribution is 2.51. The van der Waals surface area contributed by atoms with Crippen molar-refractivity contribution in [2.45, 2.75) is 24.5 Å². The molecule has 0 amide bonds. The summed E-state index contributed by atoms with van der Waals surface area (Å²) in [5.41, 5.74) is 10.9. The Labute approximate surface area is 193 Å². The number of para-hydroxylation sites is 2. The fourth-order valence-electron chi connectivity index (χ4n) is 6.62. The second kappa shape index (κ2) is 6.37. The lowest BCUT2D eigenvalue weighted by Gasteiger charge is -2.42. The van der Waals surface area contributed by atoms with E-state index >= 15 is 0 Å². The maximum atomic E-state index is 2.77. The van der Waals surface area contributed by atoms with E-state index < -0.39 is 0 Å². The van der Waals surface area contributed by atoms with Crippen LogP contribution in [0.5, 0.6) is 0 Å². The van der Waals surface area contributed by atoms with Gasteiger partial charge < -0.3 is 0 Å². The largest absolute Gasteiger partial charge is 0.249 e. The van der Waals surface area contributed by atoms with Crippen LogP contribution in [-0.4, -0.2) is 43.6 Å². The van der Waals surface area contributed by atoms with Gasteiger partial charge in [-0.05, 0) is 29.7 Å². The molecule has 3 atom stereocenters. The molecule has 2 aromatic carbocycles. The molecule has 6 aliphatic rings. The molecule has 1 fully saturated rings. The molecule has 3 heteroatoms. The molecule has 0 spiro atoms. The zero-order chi connectivity index (χ0) is 21.5. The predicted molar refractivity (Wildman–Crippen MR) is 131 cm³/mol. The Balaban J connectivity index is 1.49. The molecule has 0 N–H and O–H groups in total. The maximum Gasteiger partial charge on any atom is 0.216 e. The van der Waals surface area contributed by atoms with Crippen molar-refractivity contribution in [2.75, 3.05) is 0 Å². The molecule has 156 valence electrons. The van der Waals surface area contributed by atoms with E-state index in [4.69, 9.17) is 0 Å². The molecule has 3 unspecified atom stereocenters. The Bertz CT molecular complexity index is 1480. The summed E-state index contributed by atoms with van der Waals surface area (Å²) in [5.74, 6) is 0. The van der Waals surface area contributed by atoms with Gasteiger partial charge in [0.2, 0.25) is 34.2 Å². The van der Waals surface area contributed by atoms with Crippen molar-refractivity contribution in [1.29, 1.82) is 0 Å². The number of fused-ring (bicyclic) bond motifs is 1. The van der Waals surface area contributed by atoms with Crippen LogP contribution in [0.1, 0.15) is 6.42 Å². The summed E-state index contributed by atoms with van der Waals surface area (Å²) in [6.45, 7) is 0. The summed E-state index contributed by atoms with van der Waals surface area (Å²) in [4.78, 5) is 2.77.